The van der Waals surface area contributed by atoms with Crippen LogP contribution in [-0.4, -0.2) is 24.7 Å². The van der Waals surface area contributed by atoms with Gasteiger partial charge in [0.25, 0.3) is 0 Å². The Labute approximate surface area is 108 Å². The summed E-state index contributed by atoms with van der Waals surface area (Å²) in [5, 5.41) is 3.42. The van der Waals surface area contributed by atoms with Gasteiger partial charge in [0.2, 0.25) is 0 Å². The van der Waals surface area contributed by atoms with E-state index in [0.29, 0.717) is 0 Å². The normalized spacial score (nSPS) is 10.2. The fourth-order valence-corrected chi connectivity index (χ4v) is 2.08. The summed E-state index contributed by atoms with van der Waals surface area (Å²) in [7, 11) is 0. The van der Waals surface area contributed by atoms with Crippen molar-refractivity contribution in [1.82, 2.24) is 5.32 Å². The molecule has 0 aliphatic rings. The molecule has 0 unspecified atom stereocenters. The first-order chi connectivity index (χ1) is 8.36. The molecule has 0 spiro atoms. The van der Waals surface area contributed by atoms with Crippen molar-refractivity contribution in [2.24, 2.45) is 0 Å². The molecule has 17 heavy (non-hydrogen) atoms. The molecular weight excluding hydrogens is 230 g/mol. The summed E-state index contributed by atoms with van der Waals surface area (Å²) in [6.07, 6.45) is 1.94. The lowest BCUT2D eigenvalue weighted by atomic mass is 10.2. The average molecular weight is 251 g/mol. The van der Waals surface area contributed by atoms with Crippen molar-refractivity contribution in [3.05, 3.63) is 42.5 Å². The van der Waals surface area contributed by atoms with Gasteiger partial charge >= 0.3 is 0 Å². The molecule has 0 aromatic heterocycles. The highest BCUT2D eigenvalue weighted by atomic mass is 32.2. The van der Waals surface area contributed by atoms with Gasteiger partial charge in [0.1, 0.15) is 5.75 Å². The monoisotopic (exact) mass is 251 g/mol. The minimum Gasteiger partial charge on any atom is -0.494 e. The maximum atomic E-state index is 5.46. The molecule has 1 aromatic carbocycles. The summed E-state index contributed by atoms with van der Waals surface area (Å²) in [5.74, 6) is 3.10. The molecule has 1 aromatic rings. The maximum Gasteiger partial charge on any atom is 0.119 e. The summed E-state index contributed by atoms with van der Waals surface area (Å²) in [6, 6.07) is 8.24. The van der Waals surface area contributed by atoms with Crippen LogP contribution in [0.25, 0.3) is 0 Å². The van der Waals surface area contributed by atoms with E-state index in [1.807, 2.05) is 36.9 Å². The number of thioether (sulfide) groups is 1. The van der Waals surface area contributed by atoms with Crippen LogP contribution in [0.2, 0.25) is 0 Å². The largest absolute Gasteiger partial charge is 0.494 e. The molecule has 0 atom stereocenters. The molecule has 3 heteroatoms. The van der Waals surface area contributed by atoms with E-state index in [-0.39, 0.29) is 0 Å². The predicted molar refractivity (Wildman–Crippen MR) is 76.8 cm³/mol. The Morgan fingerprint density at radius 3 is 3.12 bits per heavy atom. The molecule has 2 nitrogen and oxygen atoms in total. The highest BCUT2D eigenvalue weighted by molar-refractivity contribution is 7.99. The van der Waals surface area contributed by atoms with E-state index in [4.69, 9.17) is 4.74 Å². The fourth-order valence-electron chi connectivity index (χ4n) is 1.46. The van der Waals surface area contributed by atoms with Crippen molar-refractivity contribution in [1.29, 1.82) is 0 Å². The van der Waals surface area contributed by atoms with Gasteiger partial charge in [-0.05, 0) is 24.6 Å². The van der Waals surface area contributed by atoms with Crippen molar-refractivity contribution < 1.29 is 4.74 Å². The van der Waals surface area contributed by atoms with Crippen molar-refractivity contribution in [3.63, 3.8) is 0 Å². The molecule has 0 saturated heterocycles. The Morgan fingerprint density at radius 2 is 2.35 bits per heavy atom. The standard InChI is InChI=1S/C14H21NOS/c1-3-9-17-10-8-15-12-13-6-5-7-14(11-13)16-4-2/h3,5-7,11,15H,1,4,8-10,12H2,2H3. The predicted octanol–water partition coefficient (Wildman–Crippen LogP) is 3.09. The molecule has 1 N–H and O–H groups in total. The molecular formula is C14H21NOS. The third-order valence-corrected chi connectivity index (χ3v) is 3.16. The summed E-state index contributed by atoms with van der Waals surface area (Å²) >= 11 is 1.89. The third kappa shape index (κ3) is 6.39. The van der Waals surface area contributed by atoms with E-state index in [1.165, 1.54) is 5.56 Å². The van der Waals surface area contributed by atoms with Gasteiger partial charge in [-0.25, -0.2) is 0 Å². The van der Waals surface area contributed by atoms with Gasteiger partial charge in [-0.15, -0.1) is 6.58 Å². The zero-order chi connectivity index (χ0) is 12.3. The Morgan fingerprint density at radius 1 is 1.47 bits per heavy atom. The lowest BCUT2D eigenvalue weighted by Gasteiger charge is -2.07. The number of hydrogen-bond acceptors (Lipinski definition) is 3. The van der Waals surface area contributed by atoms with Crippen molar-refractivity contribution in [2.45, 2.75) is 13.5 Å². The van der Waals surface area contributed by atoms with Crippen LogP contribution in [0.4, 0.5) is 0 Å². The summed E-state index contributed by atoms with van der Waals surface area (Å²) < 4.78 is 5.46. The van der Waals surface area contributed by atoms with Crippen LogP contribution in [0.5, 0.6) is 5.75 Å². The summed E-state index contributed by atoms with van der Waals surface area (Å²) in [4.78, 5) is 0. The second-order valence-corrected chi connectivity index (χ2v) is 4.77. The van der Waals surface area contributed by atoms with Gasteiger partial charge in [0.05, 0.1) is 6.61 Å². The van der Waals surface area contributed by atoms with Crippen molar-refractivity contribution in [2.75, 3.05) is 24.7 Å². The van der Waals surface area contributed by atoms with E-state index in [2.05, 4.69) is 24.0 Å². The first-order valence-corrected chi connectivity index (χ1v) is 7.13. The Hall–Kier alpha value is -0.930. The highest BCUT2D eigenvalue weighted by Gasteiger charge is 1.96. The molecule has 0 aliphatic carbocycles. The van der Waals surface area contributed by atoms with Gasteiger partial charge in [0.15, 0.2) is 0 Å². The molecule has 0 heterocycles. The lowest BCUT2D eigenvalue weighted by molar-refractivity contribution is 0.340. The Kier molecular flexibility index (Phi) is 7.60. The van der Waals surface area contributed by atoms with Crippen molar-refractivity contribution >= 4 is 11.8 Å². The molecule has 0 fully saturated rings. The van der Waals surface area contributed by atoms with Gasteiger partial charge in [-0.2, -0.15) is 11.8 Å². The minimum absolute atomic E-state index is 0.717. The first kappa shape index (κ1) is 14.1. The SMILES string of the molecule is C=CCSCCNCc1cccc(OCC)c1. The van der Waals surface area contributed by atoms with Gasteiger partial charge in [-0.1, -0.05) is 18.2 Å². The van der Waals surface area contributed by atoms with Crippen LogP contribution in [0.1, 0.15) is 12.5 Å². The lowest BCUT2D eigenvalue weighted by Crippen LogP contribution is -2.16. The third-order valence-electron chi connectivity index (χ3n) is 2.20. The van der Waals surface area contributed by atoms with Crippen LogP contribution >= 0.6 is 11.8 Å². The summed E-state index contributed by atoms with van der Waals surface area (Å²) in [5.41, 5.74) is 1.27. The molecule has 0 amide bonds. The van der Waals surface area contributed by atoms with Gasteiger partial charge in [-0.3, -0.25) is 0 Å². The van der Waals surface area contributed by atoms with Crippen molar-refractivity contribution in [3.8, 4) is 5.75 Å². The van der Waals surface area contributed by atoms with Crippen LogP contribution in [-0.2, 0) is 6.54 Å². The minimum atomic E-state index is 0.717. The average Bonchev–Trinajstić information content (AvgIpc) is 2.35. The van der Waals surface area contributed by atoms with Gasteiger partial charge < -0.3 is 10.1 Å². The number of nitrogens with one attached hydrogen (secondary N) is 1. The van der Waals surface area contributed by atoms with Crippen LogP contribution in [0.15, 0.2) is 36.9 Å². The molecule has 0 aliphatic heterocycles. The smallest absolute Gasteiger partial charge is 0.119 e. The van der Waals surface area contributed by atoms with Crippen LogP contribution in [0.3, 0.4) is 0 Å². The fraction of sp³-hybridized carbons (Fsp3) is 0.429. The first-order valence-electron chi connectivity index (χ1n) is 5.98. The maximum absolute atomic E-state index is 5.46. The van der Waals surface area contributed by atoms with Crippen LogP contribution < -0.4 is 10.1 Å². The number of hydrogen-bond donors (Lipinski definition) is 1. The van der Waals surface area contributed by atoms with E-state index < -0.39 is 0 Å². The number of benzene rings is 1. The second-order valence-electron chi connectivity index (χ2n) is 3.62. The summed E-state index contributed by atoms with van der Waals surface area (Å²) in [6.45, 7) is 8.34. The highest BCUT2D eigenvalue weighted by Crippen LogP contribution is 2.12. The van der Waals surface area contributed by atoms with E-state index in [0.717, 1.165) is 37.0 Å². The number of rotatable bonds is 9. The molecule has 0 bridgehead atoms. The zero-order valence-electron chi connectivity index (χ0n) is 10.4. The molecule has 0 saturated carbocycles. The van der Waals surface area contributed by atoms with E-state index >= 15 is 0 Å². The van der Waals surface area contributed by atoms with E-state index in [1.54, 1.807) is 0 Å². The molecule has 94 valence electrons. The van der Waals surface area contributed by atoms with Gasteiger partial charge in [0, 0.05) is 24.6 Å². The van der Waals surface area contributed by atoms with E-state index in [9.17, 15) is 0 Å². The second kappa shape index (κ2) is 9.14. The topological polar surface area (TPSA) is 21.3 Å². The van der Waals surface area contributed by atoms with Crippen LogP contribution in [0, 0.1) is 0 Å². The molecule has 0 radical (unpaired) electrons. The zero-order valence-corrected chi connectivity index (χ0v) is 11.3. The quantitative estimate of drug-likeness (QED) is 0.538. The molecule has 1 rings (SSSR count). The number of ether oxygens (including phenoxy) is 1. The Bertz CT molecular complexity index is 328. The Balaban J connectivity index is 2.21.